The maximum absolute atomic E-state index is 12.9. The smallest absolute Gasteiger partial charge is 0.228 e. The van der Waals surface area contributed by atoms with Crippen LogP contribution in [0.15, 0.2) is 53.9 Å². The van der Waals surface area contributed by atoms with Crippen LogP contribution in [-0.2, 0) is 17.6 Å². The molecule has 1 aliphatic carbocycles. The van der Waals surface area contributed by atoms with Crippen molar-refractivity contribution in [2.75, 3.05) is 7.05 Å². The molecule has 3 nitrogen and oxygen atoms in total. The first-order valence-electron chi connectivity index (χ1n) is 9.47. The van der Waals surface area contributed by atoms with Gasteiger partial charge in [0.2, 0.25) is 5.91 Å². The molecule has 0 aliphatic heterocycles. The van der Waals surface area contributed by atoms with Crippen LogP contribution in [0.5, 0.6) is 0 Å². The first kappa shape index (κ1) is 17.9. The van der Waals surface area contributed by atoms with Crippen LogP contribution in [0.4, 0.5) is 0 Å². The Hall–Kier alpha value is -2.46. The van der Waals surface area contributed by atoms with Crippen molar-refractivity contribution in [3.8, 4) is 10.6 Å². The molecular formula is C23H24N2OS. The van der Waals surface area contributed by atoms with E-state index in [1.165, 1.54) is 16.7 Å². The monoisotopic (exact) mass is 376 g/mol. The molecule has 2 aromatic carbocycles. The van der Waals surface area contributed by atoms with Gasteiger partial charge in [-0.3, -0.25) is 4.79 Å². The second-order valence-corrected chi connectivity index (χ2v) is 8.16. The summed E-state index contributed by atoms with van der Waals surface area (Å²) in [5, 5.41) is 2.99. The van der Waals surface area contributed by atoms with E-state index in [1.807, 2.05) is 17.3 Å². The summed E-state index contributed by atoms with van der Waals surface area (Å²) in [7, 11) is 1.93. The minimum absolute atomic E-state index is 0.137. The third kappa shape index (κ3) is 3.81. The third-order valence-corrected chi connectivity index (χ3v) is 6.32. The molecule has 1 aliphatic rings. The molecule has 3 aromatic rings. The van der Waals surface area contributed by atoms with Gasteiger partial charge in [-0.1, -0.05) is 54.1 Å². The van der Waals surface area contributed by atoms with Gasteiger partial charge in [0.25, 0.3) is 0 Å². The fraction of sp³-hybridized carbons (Fsp3) is 0.304. The van der Waals surface area contributed by atoms with E-state index in [-0.39, 0.29) is 11.9 Å². The molecule has 0 spiro atoms. The molecule has 0 bridgehead atoms. The normalized spacial score (nSPS) is 16.0. The fourth-order valence-electron chi connectivity index (χ4n) is 3.80. The predicted octanol–water partition coefficient (Wildman–Crippen LogP) is 5.20. The molecule has 0 fully saturated rings. The number of amides is 1. The number of carbonyl (C=O) groups excluding carboxylic acids is 1. The highest BCUT2D eigenvalue weighted by Crippen LogP contribution is 2.34. The molecule has 4 rings (SSSR count). The van der Waals surface area contributed by atoms with Crippen molar-refractivity contribution in [3.63, 3.8) is 0 Å². The average Bonchev–Trinajstić information content (AvgIpc) is 3.16. The van der Waals surface area contributed by atoms with Gasteiger partial charge in [-0.2, -0.15) is 0 Å². The molecular weight excluding hydrogens is 352 g/mol. The molecule has 27 heavy (non-hydrogen) atoms. The summed E-state index contributed by atoms with van der Waals surface area (Å²) in [5.74, 6) is 0.137. The Labute approximate surface area is 164 Å². The van der Waals surface area contributed by atoms with E-state index < -0.39 is 0 Å². The number of hydrogen-bond donors (Lipinski definition) is 0. The maximum Gasteiger partial charge on any atom is 0.228 e. The number of likely N-dealkylation sites (N-methyl/N-ethyl adjacent to an activating group) is 1. The number of aryl methyl sites for hydroxylation is 2. The van der Waals surface area contributed by atoms with Gasteiger partial charge in [0, 0.05) is 18.0 Å². The molecule has 0 N–H and O–H groups in total. The summed E-state index contributed by atoms with van der Waals surface area (Å²) >= 11 is 1.60. The lowest BCUT2D eigenvalue weighted by Crippen LogP contribution is -2.34. The van der Waals surface area contributed by atoms with Gasteiger partial charge in [-0.25, -0.2) is 4.98 Å². The Morgan fingerprint density at radius 1 is 1.19 bits per heavy atom. The largest absolute Gasteiger partial charge is 0.338 e. The van der Waals surface area contributed by atoms with Crippen LogP contribution in [0.1, 0.15) is 41.3 Å². The van der Waals surface area contributed by atoms with Crippen molar-refractivity contribution in [3.05, 3.63) is 76.3 Å². The Kier molecular flexibility index (Phi) is 5.08. The highest BCUT2D eigenvalue weighted by atomic mass is 32.1. The number of benzene rings is 2. The zero-order chi connectivity index (χ0) is 18.8. The number of fused-ring (bicyclic) bond motifs is 1. The first-order chi connectivity index (χ1) is 13.1. The lowest BCUT2D eigenvalue weighted by Gasteiger charge is -2.33. The van der Waals surface area contributed by atoms with E-state index in [2.05, 4.69) is 55.5 Å². The van der Waals surface area contributed by atoms with Crippen LogP contribution in [0.2, 0.25) is 0 Å². The highest BCUT2D eigenvalue weighted by Gasteiger charge is 2.26. The lowest BCUT2D eigenvalue weighted by molar-refractivity contribution is -0.131. The Bertz CT molecular complexity index is 945. The summed E-state index contributed by atoms with van der Waals surface area (Å²) in [5.41, 5.74) is 5.89. The molecule has 0 saturated heterocycles. The van der Waals surface area contributed by atoms with Gasteiger partial charge in [-0.15, -0.1) is 11.3 Å². The summed E-state index contributed by atoms with van der Waals surface area (Å²) in [4.78, 5) is 19.5. The quantitative estimate of drug-likeness (QED) is 0.627. The van der Waals surface area contributed by atoms with Crippen molar-refractivity contribution in [2.45, 2.75) is 38.6 Å². The van der Waals surface area contributed by atoms with Crippen molar-refractivity contribution in [1.29, 1.82) is 0 Å². The standard InChI is InChI=1S/C23H24N2OS/c1-16-10-12-18(13-11-16)23-24-19(15-27-23)14-22(26)25(2)21-9-5-7-17-6-3-4-8-20(17)21/h3-4,6,8,10-13,15,21H,5,7,9,14H2,1-2H3/t21-/m1/s1. The number of aromatic nitrogens is 1. The van der Waals surface area contributed by atoms with Crippen molar-refractivity contribution >= 4 is 17.2 Å². The third-order valence-electron chi connectivity index (χ3n) is 5.38. The van der Waals surface area contributed by atoms with Crippen LogP contribution in [0.3, 0.4) is 0 Å². The molecule has 1 amide bonds. The van der Waals surface area contributed by atoms with Gasteiger partial charge in [0.05, 0.1) is 18.2 Å². The van der Waals surface area contributed by atoms with Crippen LogP contribution >= 0.6 is 11.3 Å². The summed E-state index contributed by atoms with van der Waals surface area (Å²) in [6.07, 6.45) is 3.64. The van der Waals surface area contributed by atoms with Gasteiger partial charge >= 0.3 is 0 Å². The van der Waals surface area contributed by atoms with E-state index in [9.17, 15) is 4.79 Å². The van der Waals surface area contributed by atoms with Gasteiger partial charge in [0.15, 0.2) is 0 Å². The van der Waals surface area contributed by atoms with Crippen LogP contribution in [0.25, 0.3) is 10.6 Å². The van der Waals surface area contributed by atoms with Crippen LogP contribution < -0.4 is 0 Å². The zero-order valence-corrected chi connectivity index (χ0v) is 16.6. The van der Waals surface area contributed by atoms with Gasteiger partial charge in [0.1, 0.15) is 5.01 Å². The number of carbonyl (C=O) groups is 1. The Morgan fingerprint density at radius 2 is 1.96 bits per heavy atom. The summed E-state index contributed by atoms with van der Waals surface area (Å²) in [6, 6.07) is 17.1. The van der Waals surface area contributed by atoms with E-state index >= 15 is 0 Å². The number of rotatable bonds is 4. The lowest BCUT2D eigenvalue weighted by atomic mass is 9.87. The summed E-state index contributed by atoms with van der Waals surface area (Å²) in [6.45, 7) is 2.08. The van der Waals surface area contributed by atoms with Gasteiger partial charge in [-0.05, 0) is 37.3 Å². The molecule has 138 valence electrons. The van der Waals surface area contributed by atoms with E-state index in [0.717, 1.165) is 35.5 Å². The molecule has 1 heterocycles. The first-order valence-corrected chi connectivity index (χ1v) is 10.3. The number of hydrogen-bond acceptors (Lipinski definition) is 3. The minimum Gasteiger partial charge on any atom is -0.338 e. The van der Waals surface area contributed by atoms with Crippen molar-refractivity contribution in [1.82, 2.24) is 9.88 Å². The zero-order valence-electron chi connectivity index (χ0n) is 15.8. The van der Waals surface area contributed by atoms with Crippen LogP contribution in [-0.4, -0.2) is 22.8 Å². The van der Waals surface area contributed by atoms with E-state index in [1.54, 1.807) is 11.3 Å². The Morgan fingerprint density at radius 3 is 2.78 bits per heavy atom. The highest BCUT2D eigenvalue weighted by molar-refractivity contribution is 7.13. The van der Waals surface area contributed by atoms with Crippen molar-refractivity contribution < 1.29 is 4.79 Å². The molecule has 0 saturated carbocycles. The SMILES string of the molecule is Cc1ccc(-c2nc(CC(=O)N(C)[C@@H]3CCCc4ccccc43)cs2)cc1. The topological polar surface area (TPSA) is 33.2 Å². The molecule has 0 unspecified atom stereocenters. The predicted molar refractivity (Wildman–Crippen MR) is 111 cm³/mol. The number of nitrogens with zero attached hydrogens (tertiary/aromatic N) is 2. The molecule has 1 atom stereocenters. The molecule has 4 heteroatoms. The maximum atomic E-state index is 12.9. The van der Waals surface area contributed by atoms with Gasteiger partial charge < -0.3 is 4.90 Å². The average molecular weight is 377 g/mol. The van der Waals surface area contributed by atoms with Crippen LogP contribution in [0, 0.1) is 6.92 Å². The summed E-state index contributed by atoms with van der Waals surface area (Å²) < 4.78 is 0. The fourth-order valence-corrected chi connectivity index (χ4v) is 4.63. The number of thiazole rings is 1. The second-order valence-electron chi connectivity index (χ2n) is 7.30. The molecule has 1 aromatic heterocycles. The minimum atomic E-state index is 0.137. The van der Waals surface area contributed by atoms with Crippen molar-refractivity contribution in [2.24, 2.45) is 0 Å². The van der Waals surface area contributed by atoms with E-state index in [4.69, 9.17) is 4.98 Å². The molecule has 0 radical (unpaired) electrons. The second kappa shape index (κ2) is 7.65. The van der Waals surface area contributed by atoms with E-state index in [0.29, 0.717) is 6.42 Å². The Balaban J connectivity index is 1.47.